The van der Waals surface area contributed by atoms with Crippen molar-refractivity contribution >= 4 is 38.6 Å². The molecule has 174 valence electrons. The highest BCUT2D eigenvalue weighted by atomic mass is 32.2. The number of carbonyl (C=O) groups is 2. The highest BCUT2D eigenvalue weighted by molar-refractivity contribution is 7.93. The number of hydrogen-bond acceptors (Lipinski definition) is 7. The molecular formula is C24H22N4O5S. The van der Waals surface area contributed by atoms with Crippen LogP contribution in [0, 0.1) is 6.92 Å². The third-order valence-corrected chi connectivity index (χ3v) is 7.05. The van der Waals surface area contributed by atoms with E-state index in [-0.39, 0.29) is 16.5 Å². The largest absolute Gasteiger partial charge is 0.496 e. The Labute approximate surface area is 196 Å². The van der Waals surface area contributed by atoms with E-state index in [0.717, 1.165) is 9.87 Å². The van der Waals surface area contributed by atoms with Gasteiger partial charge < -0.3 is 4.74 Å². The summed E-state index contributed by atoms with van der Waals surface area (Å²) < 4.78 is 34.5. The Hall–Kier alpha value is -4.05. The summed E-state index contributed by atoms with van der Waals surface area (Å²) in [6, 6.07) is 12.8. The van der Waals surface area contributed by atoms with Crippen molar-refractivity contribution in [3.05, 3.63) is 66.5 Å². The van der Waals surface area contributed by atoms with E-state index < -0.39 is 15.9 Å². The van der Waals surface area contributed by atoms with Gasteiger partial charge in [-0.05, 0) is 48.9 Å². The Morgan fingerprint density at radius 2 is 1.79 bits per heavy atom. The molecule has 0 unspecified atom stereocenters. The third kappa shape index (κ3) is 4.03. The van der Waals surface area contributed by atoms with Gasteiger partial charge in [-0.25, -0.2) is 17.7 Å². The van der Waals surface area contributed by atoms with Crippen molar-refractivity contribution in [1.29, 1.82) is 0 Å². The maximum Gasteiger partial charge on any atom is 0.270 e. The maximum atomic E-state index is 13.6. The number of sulfonamides is 1. The van der Waals surface area contributed by atoms with Crippen LogP contribution in [0.25, 0.3) is 22.2 Å². The van der Waals surface area contributed by atoms with E-state index >= 15 is 0 Å². The van der Waals surface area contributed by atoms with E-state index in [9.17, 15) is 18.0 Å². The minimum Gasteiger partial charge on any atom is -0.496 e. The van der Waals surface area contributed by atoms with Gasteiger partial charge in [-0.3, -0.25) is 9.59 Å². The van der Waals surface area contributed by atoms with Crippen LogP contribution in [0.4, 0.5) is 5.69 Å². The van der Waals surface area contributed by atoms with Crippen molar-refractivity contribution in [2.24, 2.45) is 0 Å². The molecule has 4 rings (SSSR count). The summed E-state index contributed by atoms with van der Waals surface area (Å²) in [5.74, 6) is -0.493. The third-order valence-electron chi connectivity index (χ3n) is 5.25. The highest BCUT2D eigenvalue weighted by Crippen LogP contribution is 2.35. The predicted octanol–water partition coefficient (Wildman–Crippen LogP) is 3.82. The van der Waals surface area contributed by atoms with Crippen LogP contribution in [-0.2, 0) is 14.8 Å². The fourth-order valence-corrected chi connectivity index (χ4v) is 5.17. The molecule has 0 saturated heterocycles. The maximum absolute atomic E-state index is 13.6. The van der Waals surface area contributed by atoms with E-state index in [4.69, 9.17) is 4.74 Å². The molecule has 2 aromatic heterocycles. The lowest BCUT2D eigenvalue weighted by Gasteiger charge is -2.22. The highest BCUT2D eigenvalue weighted by Gasteiger charge is 2.29. The first-order chi connectivity index (χ1) is 16.1. The number of amides is 1. The molecule has 0 N–H and O–H groups in total. The van der Waals surface area contributed by atoms with Crippen molar-refractivity contribution in [2.45, 2.75) is 25.7 Å². The van der Waals surface area contributed by atoms with Crippen molar-refractivity contribution < 1.29 is 22.7 Å². The zero-order valence-corrected chi connectivity index (χ0v) is 19.8. The van der Waals surface area contributed by atoms with Crippen LogP contribution in [0.1, 0.15) is 24.2 Å². The first kappa shape index (κ1) is 23.1. The van der Waals surface area contributed by atoms with E-state index in [1.165, 1.54) is 56.2 Å². The molecule has 9 nitrogen and oxygen atoms in total. The summed E-state index contributed by atoms with van der Waals surface area (Å²) in [4.78, 5) is 28.4. The van der Waals surface area contributed by atoms with Crippen LogP contribution in [0.5, 0.6) is 5.75 Å². The lowest BCUT2D eigenvalue weighted by Crippen LogP contribution is -2.35. The molecule has 0 spiro atoms. The monoisotopic (exact) mass is 478 g/mol. The number of aryl methyl sites for hydroxylation is 1. The van der Waals surface area contributed by atoms with Gasteiger partial charge in [0.05, 0.1) is 23.9 Å². The summed E-state index contributed by atoms with van der Waals surface area (Å²) in [7, 11) is -2.75. The summed E-state index contributed by atoms with van der Waals surface area (Å²) in [6.07, 6.45) is 3.02. The van der Waals surface area contributed by atoms with Gasteiger partial charge in [-0.2, -0.15) is 9.78 Å². The second kappa shape index (κ2) is 8.71. The molecule has 0 aliphatic heterocycles. The number of hydrogen-bond donors (Lipinski definition) is 0. The number of pyridine rings is 1. The number of carbonyl (C=O) groups excluding carboxylic acids is 2. The first-order valence-electron chi connectivity index (χ1n) is 10.3. The van der Waals surface area contributed by atoms with E-state index in [1.54, 1.807) is 24.3 Å². The number of ether oxygens (including phenoxy) is 1. The zero-order valence-electron chi connectivity index (χ0n) is 19.0. The normalized spacial score (nSPS) is 11.4. The number of aromatic nitrogens is 3. The molecule has 34 heavy (non-hydrogen) atoms. The quantitative estimate of drug-likeness (QED) is 0.429. The smallest absolute Gasteiger partial charge is 0.270 e. The fraction of sp³-hybridized carbons (Fsp3) is 0.167. The summed E-state index contributed by atoms with van der Waals surface area (Å²) in [5.41, 5.74) is 2.49. The Morgan fingerprint density at radius 1 is 1.03 bits per heavy atom. The van der Waals surface area contributed by atoms with Crippen molar-refractivity contribution in [3.63, 3.8) is 0 Å². The molecule has 4 aromatic rings. The standard InChI is InChI=1S/C24H22N4O5S/c1-15-6-5-7-20(10-15)28(17(3)30)34(31,32)21-8-9-23(33-4)22(12-21)18-11-19-14-26-27(16(2)29)24(19)25-13-18/h5-14H,1-4H3. The number of anilines is 1. The summed E-state index contributed by atoms with van der Waals surface area (Å²) in [5, 5.41) is 4.65. The van der Waals surface area contributed by atoms with Gasteiger partial charge in [0.1, 0.15) is 5.75 Å². The molecule has 0 bridgehead atoms. The molecule has 0 saturated carbocycles. The van der Waals surface area contributed by atoms with Crippen LogP contribution in [0.2, 0.25) is 0 Å². The molecular weight excluding hydrogens is 456 g/mol. The fourth-order valence-electron chi connectivity index (χ4n) is 3.72. The Bertz CT molecular complexity index is 1540. The second-order valence-electron chi connectivity index (χ2n) is 7.70. The van der Waals surface area contributed by atoms with Gasteiger partial charge in [-0.15, -0.1) is 0 Å². The predicted molar refractivity (Wildman–Crippen MR) is 127 cm³/mol. The Kier molecular flexibility index (Phi) is 5.92. The minimum absolute atomic E-state index is 0.0838. The molecule has 0 aliphatic carbocycles. The van der Waals surface area contributed by atoms with Crippen molar-refractivity contribution in [2.75, 3.05) is 11.4 Å². The van der Waals surface area contributed by atoms with Gasteiger partial charge in [0.25, 0.3) is 10.0 Å². The lowest BCUT2D eigenvalue weighted by atomic mass is 10.1. The summed E-state index contributed by atoms with van der Waals surface area (Å²) >= 11 is 0. The van der Waals surface area contributed by atoms with Crippen LogP contribution >= 0.6 is 0 Å². The molecule has 0 fully saturated rings. The van der Waals surface area contributed by atoms with Crippen LogP contribution in [0.15, 0.2) is 65.8 Å². The van der Waals surface area contributed by atoms with Crippen LogP contribution in [0.3, 0.4) is 0 Å². The minimum atomic E-state index is -4.23. The average Bonchev–Trinajstić information content (AvgIpc) is 3.22. The van der Waals surface area contributed by atoms with Gasteiger partial charge in [0.15, 0.2) is 5.65 Å². The van der Waals surface area contributed by atoms with E-state index in [1.807, 2.05) is 13.0 Å². The number of benzene rings is 2. The topological polar surface area (TPSA) is 111 Å². The van der Waals surface area contributed by atoms with Gasteiger partial charge >= 0.3 is 0 Å². The number of nitrogens with zero attached hydrogens (tertiary/aromatic N) is 4. The molecule has 2 aromatic carbocycles. The Morgan fingerprint density at radius 3 is 2.44 bits per heavy atom. The first-order valence-corrected chi connectivity index (χ1v) is 11.7. The van der Waals surface area contributed by atoms with E-state index in [0.29, 0.717) is 27.9 Å². The van der Waals surface area contributed by atoms with Crippen molar-refractivity contribution in [1.82, 2.24) is 14.8 Å². The van der Waals surface area contributed by atoms with Crippen molar-refractivity contribution in [3.8, 4) is 16.9 Å². The van der Waals surface area contributed by atoms with Gasteiger partial charge in [0, 0.05) is 36.6 Å². The average molecular weight is 479 g/mol. The van der Waals surface area contributed by atoms with Crippen LogP contribution in [-0.4, -0.2) is 42.1 Å². The molecule has 0 atom stereocenters. The summed E-state index contributed by atoms with van der Waals surface area (Å²) in [6.45, 7) is 4.40. The lowest BCUT2D eigenvalue weighted by molar-refractivity contribution is -0.115. The number of methoxy groups -OCH3 is 1. The van der Waals surface area contributed by atoms with Gasteiger partial charge in [-0.1, -0.05) is 12.1 Å². The molecule has 1 amide bonds. The molecule has 2 heterocycles. The number of fused-ring (bicyclic) bond motifs is 1. The van der Waals surface area contributed by atoms with E-state index in [2.05, 4.69) is 10.1 Å². The zero-order chi connectivity index (χ0) is 24.6. The van der Waals surface area contributed by atoms with Gasteiger partial charge in [0.2, 0.25) is 11.8 Å². The molecule has 0 aliphatic rings. The molecule has 0 radical (unpaired) electrons. The SMILES string of the molecule is COc1ccc(S(=O)(=O)N(C(C)=O)c2cccc(C)c2)cc1-c1cnc2c(cnn2C(C)=O)c1. The Balaban J connectivity index is 1.86. The number of rotatable bonds is 5. The second-order valence-corrected chi connectivity index (χ2v) is 9.49. The molecule has 10 heteroatoms. The van der Waals surface area contributed by atoms with Crippen LogP contribution < -0.4 is 9.04 Å².